The number of halogens is 3. The van der Waals surface area contributed by atoms with Gasteiger partial charge in [-0.2, -0.15) is 18.3 Å². The monoisotopic (exact) mass is 420 g/mol. The molecule has 160 valence electrons. The number of nitrogens with one attached hydrogen (secondary N) is 1. The lowest BCUT2D eigenvalue weighted by molar-refractivity contribution is -0.137. The smallest absolute Gasteiger partial charge is 0.336 e. The molecule has 4 rings (SSSR count). The Kier molecular flexibility index (Phi) is 5.07. The van der Waals surface area contributed by atoms with Crippen LogP contribution in [0.4, 0.5) is 18.9 Å². The molecule has 9 heteroatoms. The third-order valence-corrected chi connectivity index (χ3v) is 5.94. The van der Waals surface area contributed by atoms with E-state index in [1.807, 2.05) is 6.92 Å². The van der Waals surface area contributed by atoms with Crippen molar-refractivity contribution in [2.24, 2.45) is 5.41 Å². The number of benzene rings is 1. The quantitative estimate of drug-likeness (QED) is 0.797. The van der Waals surface area contributed by atoms with Crippen LogP contribution in [0.5, 0.6) is 0 Å². The zero-order chi connectivity index (χ0) is 21.5. The summed E-state index contributed by atoms with van der Waals surface area (Å²) < 4.78 is 42.0. The Morgan fingerprint density at radius 1 is 1.27 bits per heavy atom. The summed E-state index contributed by atoms with van der Waals surface area (Å²) in [4.78, 5) is 27.3. The highest BCUT2D eigenvalue weighted by Gasteiger charge is 2.50. The number of likely N-dealkylation sites (tertiary alicyclic amines) is 1. The summed E-state index contributed by atoms with van der Waals surface area (Å²) in [6, 6.07) is 4.81. The first kappa shape index (κ1) is 20.4. The van der Waals surface area contributed by atoms with Gasteiger partial charge in [0.2, 0.25) is 5.91 Å². The predicted octanol–water partition coefficient (Wildman–Crippen LogP) is 3.95. The molecule has 1 aliphatic heterocycles. The molecule has 0 spiro atoms. The number of rotatable bonds is 5. The second kappa shape index (κ2) is 7.45. The van der Waals surface area contributed by atoms with Gasteiger partial charge in [-0.3, -0.25) is 14.3 Å². The van der Waals surface area contributed by atoms with Gasteiger partial charge in [0.1, 0.15) is 0 Å². The van der Waals surface area contributed by atoms with Crippen LogP contribution in [0.15, 0.2) is 36.7 Å². The van der Waals surface area contributed by atoms with Gasteiger partial charge >= 0.3 is 6.18 Å². The fourth-order valence-electron chi connectivity index (χ4n) is 3.96. The third-order valence-electron chi connectivity index (χ3n) is 5.94. The summed E-state index contributed by atoms with van der Waals surface area (Å²) in [6.45, 7) is 2.76. The van der Waals surface area contributed by atoms with Gasteiger partial charge in [0.05, 0.1) is 17.5 Å². The molecule has 0 bridgehead atoms. The predicted molar refractivity (Wildman–Crippen MR) is 104 cm³/mol. The minimum atomic E-state index is -4.63. The van der Waals surface area contributed by atoms with Crippen molar-refractivity contribution in [3.05, 3.63) is 47.8 Å². The molecule has 1 aromatic heterocycles. The maximum absolute atomic E-state index is 13.5. The zero-order valence-corrected chi connectivity index (χ0v) is 16.6. The van der Waals surface area contributed by atoms with E-state index in [1.54, 1.807) is 28.0 Å². The Morgan fingerprint density at radius 3 is 2.60 bits per heavy atom. The van der Waals surface area contributed by atoms with Crippen LogP contribution in [-0.2, 0) is 17.5 Å². The molecule has 1 atom stereocenters. The van der Waals surface area contributed by atoms with Crippen molar-refractivity contribution in [1.29, 1.82) is 0 Å². The lowest BCUT2D eigenvalue weighted by atomic mass is 10.0. The van der Waals surface area contributed by atoms with Crippen molar-refractivity contribution < 1.29 is 22.8 Å². The molecule has 1 saturated carbocycles. The Morgan fingerprint density at radius 2 is 2.03 bits per heavy atom. The number of anilines is 1. The van der Waals surface area contributed by atoms with E-state index in [9.17, 15) is 22.8 Å². The highest BCUT2D eigenvalue weighted by molar-refractivity contribution is 6.00. The van der Waals surface area contributed by atoms with Crippen molar-refractivity contribution in [3.63, 3.8) is 0 Å². The van der Waals surface area contributed by atoms with Crippen molar-refractivity contribution >= 4 is 17.5 Å². The largest absolute Gasteiger partial charge is 0.416 e. The van der Waals surface area contributed by atoms with Crippen molar-refractivity contribution in [1.82, 2.24) is 14.7 Å². The molecule has 0 radical (unpaired) electrons. The van der Waals surface area contributed by atoms with E-state index in [-0.39, 0.29) is 23.2 Å². The van der Waals surface area contributed by atoms with E-state index in [0.717, 1.165) is 25.0 Å². The standard InChI is InChI=1S/C21H23F3N4O2/c1-14-4-2-9-28(14)18(29)15-10-16(21(22,23)24)12-17(11-15)26-19(30)20(5-6-20)13-27-8-3-7-25-27/h3,7-8,10-12,14H,2,4-6,9,13H2,1H3,(H,26,30). The number of hydrogen-bond donors (Lipinski definition) is 1. The minimum absolute atomic E-state index is 0.0169. The SMILES string of the molecule is CC1CCCN1C(=O)c1cc(NC(=O)C2(Cn3cccn3)CC2)cc(C(F)(F)F)c1. The second-order valence-corrected chi connectivity index (χ2v) is 8.22. The summed E-state index contributed by atoms with van der Waals surface area (Å²) >= 11 is 0. The number of carbonyl (C=O) groups excluding carboxylic acids is 2. The number of aromatic nitrogens is 2. The number of amides is 2. The average molecular weight is 420 g/mol. The van der Waals surface area contributed by atoms with Gasteiger partial charge in [-0.05, 0) is 56.9 Å². The van der Waals surface area contributed by atoms with Gasteiger partial charge in [0.25, 0.3) is 5.91 Å². The molecule has 30 heavy (non-hydrogen) atoms. The Bertz CT molecular complexity index is 952. The second-order valence-electron chi connectivity index (χ2n) is 8.22. The Labute approximate surface area is 172 Å². The molecule has 1 saturated heterocycles. The molecule has 1 N–H and O–H groups in total. The van der Waals surface area contributed by atoms with Crippen LogP contribution in [0.1, 0.15) is 48.5 Å². The molecule has 2 heterocycles. The first-order chi connectivity index (χ1) is 14.2. The summed E-state index contributed by atoms with van der Waals surface area (Å²) in [5.74, 6) is -0.801. The van der Waals surface area contributed by atoms with Crippen LogP contribution in [0.2, 0.25) is 0 Å². The first-order valence-electron chi connectivity index (χ1n) is 10.0. The summed E-state index contributed by atoms with van der Waals surface area (Å²) in [6.07, 6.45) is 1.64. The van der Waals surface area contributed by atoms with E-state index in [1.165, 1.54) is 6.07 Å². The first-order valence-corrected chi connectivity index (χ1v) is 10.0. The van der Waals surface area contributed by atoms with E-state index in [2.05, 4.69) is 10.4 Å². The lowest BCUT2D eigenvalue weighted by Crippen LogP contribution is -2.34. The molecular formula is C21H23F3N4O2. The van der Waals surface area contributed by atoms with Crippen LogP contribution >= 0.6 is 0 Å². The van der Waals surface area contributed by atoms with Gasteiger partial charge in [0.15, 0.2) is 0 Å². The number of hydrogen-bond acceptors (Lipinski definition) is 3. The number of carbonyl (C=O) groups is 2. The van der Waals surface area contributed by atoms with Crippen molar-refractivity contribution in [2.75, 3.05) is 11.9 Å². The molecule has 2 aliphatic rings. The normalized spacial score (nSPS) is 20.3. The Hall–Kier alpha value is -2.84. The van der Waals surface area contributed by atoms with E-state index < -0.39 is 23.1 Å². The third kappa shape index (κ3) is 4.06. The van der Waals surface area contributed by atoms with Crippen molar-refractivity contribution in [3.8, 4) is 0 Å². The topological polar surface area (TPSA) is 67.2 Å². The van der Waals surface area contributed by atoms with Crippen molar-refractivity contribution in [2.45, 2.75) is 51.4 Å². The van der Waals surface area contributed by atoms with E-state index in [4.69, 9.17) is 0 Å². The highest BCUT2D eigenvalue weighted by Crippen LogP contribution is 2.48. The van der Waals surface area contributed by atoms with Crippen LogP contribution in [0.3, 0.4) is 0 Å². The average Bonchev–Trinajstić information content (AvgIpc) is 3.07. The minimum Gasteiger partial charge on any atom is -0.336 e. The fourth-order valence-corrected chi connectivity index (χ4v) is 3.96. The van der Waals surface area contributed by atoms with Gasteiger partial charge < -0.3 is 10.2 Å². The number of alkyl halides is 3. The highest BCUT2D eigenvalue weighted by atomic mass is 19.4. The molecule has 2 aromatic rings. The van der Waals surface area contributed by atoms with Crippen LogP contribution in [-0.4, -0.2) is 39.1 Å². The van der Waals surface area contributed by atoms with E-state index in [0.29, 0.717) is 25.9 Å². The summed E-state index contributed by atoms with van der Waals surface area (Å²) in [5, 5.41) is 6.72. The summed E-state index contributed by atoms with van der Waals surface area (Å²) in [5.41, 5.74) is -1.72. The molecular weight excluding hydrogens is 397 g/mol. The number of nitrogens with zero attached hydrogens (tertiary/aromatic N) is 3. The molecule has 1 unspecified atom stereocenters. The molecule has 2 fully saturated rings. The van der Waals surface area contributed by atoms with Crippen LogP contribution in [0, 0.1) is 5.41 Å². The van der Waals surface area contributed by atoms with Gasteiger partial charge in [0, 0.05) is 36.2 Å². The maximum Gasteiger partial charge on any atom is 0.416 e. The molecule has 2 amide bonds. The lowest BCUT2D eigenvalue weighted by Gasteiger charge is -2.23. The van der Waals surface area contributed by atoms with Gasteiger partial charge in [-0.1, -0.05) is 0 Å². The van der Waals surface area contributed by atoms with Crippen LogP contribution < -0.4 is 5.32 Å². The molecule has 1 aliphatic carbocycles. The fraction of sp³-hybridized carbons (Fsp3) is 0.476. The zero-order valence-electron chi connectivity index (χ0n) is 16.6. The van der Waals surface area contributed by atoms with Gasteiger partial charge in [-0.15, -0.1) is 0 Å². The molecule has 1 aromatic carbocycles. The Balaban J connectivity index is 1.59. The summed E-state index contributed by atoms with van der Waals surface area (Å²) in [7, 11) is 0. The maximum atomic E-state index is 13.5. The van der Waals surface area contributed by atoms with Gasteiger partial charge in [-0.25, -0.2) is 0 Å². The molecule has 6 nitrogen and oxygen atoms in total. The van der Waals surface area contributed by atoms with E-state index >= 15 is 0 Å². The van der Waals surface area contributed by atoms with Crippen LogP contribution in [0.25, 0.3) is 0 Å².